The predicted molar refractivity (Wildman–Crippen MR) is 113 cm³/mol. The Morgan fingerprint density at radius 1 is 1.11 bits per heavy atom. The lowest BCUT2D eigenvalue weighted by molar-refractivity contribution is -0.116. The van der Waals surface area contributed by atoms with Gasteiger partial charge in [-0.2, -0.15) is 0 Å². The number of anilines is 2. The molecule has 2 aromatic carbocycles. The van der Waals surface area contributed by atoms with Crippen LogP contribution < -0.4 is 16.4 Å². The minimum absolute atomic E-state index is 0. The lowest BCUT2D eigenvalue weighted by atomic mass is 10.1. The molecule has 0 aromatic heterocycles. The van der Waals surface area contributed by atoms with Gasteiger partial charge in [0.25, 0.3) is 5.91 Å². The Morgan fingerprint density at radius 3 is 2.36 bits per heavy atom. The molecule has 0 aliphatic carbocycles. The Bertz CT molecular complexity index is 975. The molecule has 0 bridgehead atoms. The molecule has 0 saturated heterocycles. The van der Waals surface area contributed by atoms with Gasteiger partial charge in [-0.15, -0.1) is 12.4 Å². The standard InChI is InChI=1S/C19H23N3O4S.ClH/c1-12-9-15(21-18(23)10-13(2)20)7-8-17(12)22-19(24)14-5-4-6-16(11-14)27(3,25)26;/h4-9,11,13H,10,20H2,1-3H3,(H,21,23)(H,22,24);1H. The van der Waals surface area contributed by atoms with Crippen molar-refractivity contribution in [1.82, 2.24) is 0 Å². The highest BCUT2D eigenvalue weighted by Crippen LogP contribution is 2.21. The second-order valence-corrected chi connectivity index (χ2v) is 8.53. The van der Waals surface area contributed by atoms with E-state index in [0.717, 1.165) is 11.8 Å². The fourth-order valence-corrected chi connectivity index (χ4v) is 3.12. The first kappa shape index (κ1) is 23.6. The number of hydrogen-bond acceptors (Lipinski definition) is 5. The Morgan fingerprint density at radius 2 is 1.79 bits per heavy atom. The number of carbonyl (C=O) groups is 2. The summed E-state index contributed by atoms with van der Waals surface area (Å²) in [5.74, 6) is -0.601. The first-order valence-corrected chi connectivity index (χ1v) is 10.2. The van der Waals surface area contributed by atoms with Gasteiger partial charge in [0.05, 0.1) is 4.90 Å². The molecule has 28 heavy (non-hydrogen) atoms. The average molecular weight is 426 g/mol. The van der Waals surface area contributed by atoms with E-state index in [1.807, 2.05) is 0 Å². The van der Waals surface area contributed by atoms with Crippen molar-refractivity contribution in [2.75, 3.05) is 16.9 Å². The molecular weight excluding hydrogens is 402 g/mol. The zero-order chi connectivity index (χ0) is 20.2. The van der Waals surface area contributed by atoms with Crippen LogP contribution in [0.1, 0.15) is 29.3 Å². The van der Waals surface area contributed by atoms with E-state index in [1.54, 1.807) is 38.1 Å². The number of benzene rings is 2. The average Bonchev–Trinajstić information content (AvgIpc) is 2.55. The largest absolute Gasteiger partial charge is 0.327 e. The maximum atomic E-state index is 12.4. The number of nitrogens with two attached hydrogens (primary N) is 1. The third kappa shape index (κ3) is 6.63. The normalized spacial score (nSPS) is 11.9. The molecule has 9 heteroatoms. The Hall–Kier alpha value is -2.42. The number of nitrogens with one attached hydrogen (secondary N) is 2. The van der Waals surface area contributed by atoms with Crippen LogP contribution in [-0.2, 0) is 14.6 Å². The van der Waals surface area contributed by atoms with Gasteiger partial charge in [-0.3, -0.25) is 9.59 Å². The van der Waals surface area contributed by atoms with Crippen molar-refractivity contribution in [2.24, 2.45) is 5.73 Å². The molecule has 4 N–H and O–H groups in total. The SMILES string of the molecule is Cc1cc(NC(=O)CC(C)N)ccc1NC(=O)c1cccc(S(C)(=O)=O)c1.Cl. The molecule has 0 heterocycles. The third-order valence-electron chi connectivity index (χ3n) is 3.79. The molecule has 2 amide bonds. The van der Waals surface area contributed by atoms with Gasteiger partial charge < -0.3 is 16.4 Å². The summed E-state index contributed by atoms with van der Waals surface area (Å²) in [6, 6.07) is 10.7. The maximum absolute atomic E-state index is 12.4. The molecule has 0 aliphatic rings. The summed E-state index contributed by atoms with van der Waals surface area (Å²) in [5, 5.41) is 5.50. The predicted octanol–water partition coefficient (Wildman–Crippen LogP) is 2.75. The molecule has 0 spiro atoms. The van der Waals surface area contributed by atoms with Crippen molar-refractivity contribution in [3.8, 4) is 0 Å². The van der Waals surface area contributed by atoms with Crippen molar-refractivity contribution >= 4 is 45.4 Å². The van der Waals surface area contributed by atoms with Crippen LogP contribution in [0.25, 0.3) is 0 Å². The van der Waals surface area contributed by atoms with E-state index in [-0.39, 0.29) is 41.2 Å². The van der Waals surface area contributed by atoms with Gasteiger partial charge in [-0.05, 0) is 55.8 Å². The molecule has 0 aliphatic heterocycles. The third-order valence-corrected chi connectivity index (χ3v) is 4.90. The molecular formula is C19H24ClN3O4S. The minimum Gasteiger partial charge on any atom is -0.327 e. The quantitative estimate of drug-likeness (QED) is 0.657. The van der Waals surface area contributed by atoms with Crippen molar-refractivity contribution in [1.29, 1.82) is 0 Å². The Balaban J connectivity index is 0.00000392. The Labute approximate surface area is 171 Å². The molecule has 0 fully saturated rings. The van der Waals surface area contributed by atoms with Gasteiger partial charge >= 0.3 is 0 Å². The van der Waals surface area contributed by atoms with Crippen LogP contribution >= 0.6 is 12.4 Å². The van der Waals surface area contributed by atoms with Crippen LogP contribution in [0.5, 0.6) is 0 Å². The fourth-order valence-electron chi connectivity index (χ4n) is 2.45. The molecule has 1 atom stereocenters. The number of hydrogen-bond donors (Lipinski definition) is 3. The van der Waals surface area contributed by atoms with Gasteiger partial charge in [-0.1, -0.05) is 6.07 Å². The van der Waals surface area contributed by atoms with Crippen LogP contribution in [0, 0.1) is 6.92 Å². The first-order valence-electron chi connectivity index (χ1n) is 8.34. The first-order chi connectivity index (χ1) is 12.6. The zero-order valence-electron chi connectivity index (χ0n) is 15.9. The van der Waals surface area contributed by atoms with E-state index < -0.39 is 15.7 Å². The van der Waals surface area contributed by atoms with Crippen LogP contribution in [0.4, 0.5) is 11.4 Å². The minimum atomic E-state index is -3.39. The van der Waals surface area contributed by atoms with Crippen LogP contribution in [0.15, 0.2) is 47.4 Å². The summed E-state index contributed by atoms with van der Waals surface area (Å²) in [7, 11) is -3.39. The van der Waals surface area contributed by atoms with Crippen LogP contribution in [0.2, 0.25) is 0 Å². The number of sulfone groups is 1. The number of aryl methyl sites for hydroxylation is 1. The van der Waals surface area contributed by atoms with E-state index >= 15 is 0 Å². The van der Waals surface area contributed by atoms with Gasteiger partial charge in [0.1, 0.15) is 0 Å². The summed E-state index contributed by atoms with van der Waals surface area (Å²) < 4.78 is 23.3. The number of rotatable bonds is 6. The molecule has 1 unspecified atom stereocenters. The topological polar surface area (TPSA) is 118 Å². The van der Waals surface area contributed by atoms with Crippen molar-refractivity contribution in [2.45, 2.75) is 31.2 Å². The van der Waals surface area contributed by atoms with Gasteiger partial charge in [0.2, 0.25) is 5.91 Å². The highest BCUT2D eigenvalue weighted by Gasteiger charge is 2.13. The van der Waals surface area contributed by atoms with E-state index in [0.29, 0.717) is 11.4 Å². The summed E-state index contributed by atoms with van der Waals surface area (Å²) in [4.78, 5) is 24.3. The number of halogens is 1. The lowest BCUT2D eigenvalue weighted by Gasteiger charge is -2.12. The van der Waals surface area contributed by atoms with E-state index in [4.69, 9.17) is 5.73 Å². The second-order valence-electron chi connectivity index (χ2n) is 6.51. The molecule has 0 radical (unpaired) electrons. The summed E-state index contributed by atoms with van der Waals surface area (Å²) in [5.41, 5.74) is 7.77. The number of carbonyl (C=O) groups excluding carboxylic acids is 2. The summed E-state index contributed by atoms with van der Waals surface area (Å²) in [6.45, 7) is 3.55. The molecule has 152 valence electrons. The van der Waals surface area contributed by atoms with Gasteiger partial charge in [0.15, 0.2) is 9.84 Å². The highest BCUT2D eigenvalue weighted by molar-refractivity contribution is 7.90. The van der Waals surface area contributed by atoms with E-state index in [2.05, 4.69) is 10.6 Å². The fraction of sp³-hybridized carbons (Fsp3) is 0.263. The van der Waals surface area contributed by atoms with Crippen molar-refractivity contribution in [3.05, 3.63) is 53.6 Å². The number of amides is 2. The van der Waals surface area contributed by atoms with Gasteiger partial charge in [0, 0.05) is 35.7 Å². The molecule has 0 saturated carbocycles. The van der Waals surface area contributed by atoms with Crippen LogP contribution in [-0.4, -0.2) is 32.5 Å². The van der Waals surface area contributed by atoms with Gasteiger partial charge in [-0.25, -0.2) is 8.42 Å². The smallest absolute Gasteiger partial charge is 0.255 e. The highest BCUT2D eigenvalue weighted by atomic mass is 35.5. The molecule has 7 nitrogen and oxygen atoms in total. The maximum Gasteiger partial charge on any atom is 0.255 e. The van der Waals surface area contributed by atoms with E-state index in [9.17, 15) is 18.0 Å². The van der Waals surface area contributed by atoms with E-state index in [1.165, 1.54) is 18.2 Å². The van der Waals surface area contributed by atoms with Crippen LogP contribution in [0.3, 0.4) is 0 Å². The molecule has 2 aromatic rings. The lowest BCUT2D eigenvalue weighted by Crippen LogP contribution is -2.24. The van der Waals surface area contributed by atoms with Crippen molar-refractivity contribution < 1.29 is 18.0 Å². The molecule has 2 rings (SSSR count). The second kappa shape index (κ2) is 9.68. The van der Waals surface area contributed by atoms with Crippen molar-refractivity contribution in [3.63, 3.8) is 0 Å². The summed E-state index contributed by atoms with van der Waals surface area (Å²) >= 11 is 0. The monoisotopic (exact) mass is 425 g/mol. The summed E-state index contributed by atoms with van der Waals surface area (Å²) in [6.07, 6.45) is 1.31. The zero-order valence-corrected chi connectivity index (χ0v) is 17.5. The Kier molecular flexibility index (Phi) is 8.16.